The smallest absolute Gasteiger partial charge is 0.267 e. The lowest BCUT2D eigenvalue weighted by Crippen LogP contribution is -2.29. The van der Waals surface area contributed by atoms with Gasteiger partial charge >= 0.3 is 0 Å². The van der Waals surface area contributed by atoms with Gasteiger partial charge in [0.15, 0.2) is 5.16 Å². The summed E-state index contributed by atoms with van der Waals surface area (Å²) >= 11 is 2.73. The number of hydrogen-bond acceptors (Lipinski definition) is 9. The summed E-state index contributed by atoms with van der Waals surface area (Å²) in [4.78, 5) is 43.8. The number of para-hydroxylation sites is 2. The van der Waals surface area contributed by atoms with E-state index < -0.39 is 12.6 Å². The van der Waals surface area contributed by atoms with Crippen molar-refractivity contribution in [3.05, 3.63) is 81.0 Å². The van der Waals surface area contributed by atoms with Gasteiger partial charge in [-0.1, -0.05) is 42.1 Å². The fourth-order valence-corrected chi connectivity index (χ4v) is 6.39. The second kappa shape index (κ2) is 11.6. The van der Waals surface area contributed by atoms with Crippen LogP contribution in [0.1, 0.15) is 28.8 Å². The SMILES string of the molecule is O=C([O-])COc1ccccc1/C=N\NC(=O)CSc1nc2sc3c(c2c(=O)n1-c1ccccc1)CCCC3. The summed E-state index contributed by atoms with van der Waals surface area (Å²) in [6.07, 6.45) is 5.39. The van der Waals surface area contributed by atoms with Crippen LogP contribution in [0.15, 0.2) is 69.6 Å². The van der Waals surface area contributed by atoms with Crippen LogP contribution in [0, 0.1) is 0 Å². The Labute approximate surface area is 226 Å². The molecule has 0 spiro atoms. The third-order valence-corrected chi connectivity index (χ3v) is 8.09. The third kappa shape index (κ3) is 5.63. The molecule has 11 heteroatoms. The van der Waals surface area contributed by atoms with Crippen molar-refractivity contribution in [3.8, 4) is 11.4 Å². The molecule has 0 saturated heterocycles. The van der Waals surface area contributed by atoms with E-state index >= 15 is 0 Å². The highest BCUT2D eigenvalue weighted by molar-refractivity contribution is 7.99. The molecule has 0 atom stereocenters. The number of amides is 1. The number of nitrogens with one attached hydrogen (secondary N) is 1. The highest BCUT2D eigenvalue weighted by atomic mass is 32.2. The number of carbonyl (C=O) groups excluding carboxylic acids is 2. The number of rotatable bonds is 9. The Balaban J connectivity index is 1.35. The van der Waals surface area contributed by atoms with Gasteiger partial charge < -0.3 is 14.6 Å². The molecular weight excluding hydrogens is 524 g/mol. The third-order valence-electron chi connectivity index (χ3n) is 5.96. The predicted octanol–water partition coefficient (Wildman–Crippen LogP) is 2.70. The number of thiophene rings is 1. The van der Waals surface area contributed by atoms with Crippen molar-refractivity contribution in [1.82, 2.24) is 15.0 Å². The van der Waals surface area contributed by atoms with Crippen LogP contribution in [0.25, 0.3) is 15.9 Å². The number of nitrogens with zero attached hydrogens (tertiary/aromatic N) is 3. The summed E-state index contributed by atoms with van der Waals surface area (Å²) in [5.74, 6) is -1.45. The van der Waals surface area contributed by atoms with Gasteiger partial charge in [0, 0.05) is 10.4 Å². The average Bonchev–Trinajstić information content (AvgIpc) is 3.30. The van der Waals surface area contributed by atoms with E-state index in [2.05, 4.69) is 10.5 Å². The van der Waals surface area contributed by atoms with Crippen molar-refractivity contribution in [2.45, 2.75) is 30.8 Å². The molecule has 2 aromatic carbocycles. The molecular formula is C27H23N4O5S2-. The summed E-state index contributed by atoms with van der Waals surface area (Å²) in [5, 5.41) is 15.8. The molecule has 2 heterocycles. The number of aliphatic carboxylic acids is 1. The topological polar surface area (TPSA) is 126 Å². The summed E-state index contributed by atoms with van der Waals surface area (Å²) in [7, 11) is 0. The molecule has 0 aliphatic heterocycles. The monoisotopic (exact) mass is 547 g/mol. The maximum Gasteiger partial charge on any atom is 0.267 e. The lowest BCUT2D eigenvalue weighted by molar-refractivity contribution is -0.307. The van der Waals surface area contributed by atoms with E-state index in [1.807, 2.05) is 30.3 Å². The van der Waals surface area contributed by atoms with Crippen LogP contribution in [-0.2, 0) is 22.4 Å². The maximum absolute atomic E-state index is 13.7. The lowest BCUT2D eigenvalue weighted by atomic mass is 9.97. The van der Waals surface area contributed by atoms with Gasteiger partial charge in [0.2, 0.25) is 0 Å². The number of thioether (sulfide) groups is 1. The molecule has 1 amide bonds. The van der Waals surface area contributed by atoms with Crippen LogP contribution < -0.4 is 20.8 Å². The Morgan fingerprint density at radius 2 is 1.89 bits per heavy atom. The Bertz CT molecular complexity index is 1580. The van der Waals surface area contributed by atoms with E-state index in [1.165, 1.54) is 11.1 Å². The molecule has 38 heavy (non-hydrogen) atoms. The largest absolute Gasteiger partial charge is 0.546 e. The molecule has 0 radical (unpaired) electrons. The van der Waals surface area contributed by atoms with Crippen LogP contribution in [-0.4, -0.2) is 40.0 Å². The number of hydrazone groups is 1. The Morgan fingerprint density at radius 1 is 1.13 bits per heavy atom. The molecule has 1 aliphatic rings. The summed E-state index contributed by atoms with van der Waals surface area (Å²) in [5.41, 5.74) is 4.64. The van der Waals surface area contributed by atoms with Gasteiger partial charge in [-0.2, -0.15) is 5.10 Å². The minimum absolute atomic E-state index is 0.0178. The fraction of sp³-hybridized carbons (Fsp3) is 0.222. The summed E-state index contributed by atoms with van der Waals surface area (Å²) in [6, 6.07) is 16.0. The molecule has 0 saturated carbocycles. The lowest BCUT2D eigenvalue weighted by Gasteiger charge is -2.13. The summed E-state index contributed by atoms with van der Waals surface area (Å²) < 4.78 is 6.76. The second-order valence-electron chi connectivity index (χ2n) is 8.54. The van der Waals surface area contributed by atoms with Crippen molar-refractivity contribution >= 4 is 51.4 Å². The molecule has 2 aromatic heterocycles. The first kappa shape index (κ1) is 25.7. The van der Waals surface area contributed by atoms with Gasteiger partial charge in [-0.25, -0.2) is 10.4 Å². The van der Waals surface area contributed by atoms with Crippen LogP contribution in [0.5, 0.6) is 5.75 Å². The van der Waals surface area contributed by atoms with Crippen LogP contribution in [0.3, 0.4) is 0 Å². The van der Waals surface area contributed by atoms with Gasteiger partial charge in [-0.3, -0.25) is 14.2 Å². The van der Waals surface area contributed by atoms with E-state index in [-0.39, 0.29) is 17.2 Å². The molecule has 0 bridgehead atoms. The zero-order valence-corrected chi connectivity index (χ0v) is 21.8. The van der Waals surface area contributed by atoms with Gasteiger partial charge in [-0.15, -0.1) is 11.3 Å². The quantitative estimate of drug-likeness (QED) is 0.148. The first-order valence-electron chi connectivity index (χ1n) is 12.0. The highest BCUT2D eigenvalue weighted by Gasteiger charge is 2.23. The van der Waals surface area contributed by atoms with Gasteiger partial charge in [-0.05, 0) is 55.5 Å². The number of hydrogen-bond donors (Lipinski definition) is 1. The van der Waals surface area contributed by atoms with Crippen LogP contribution >= 0.6 is 23.1 Å². The number of carboxylic acids is 1. The zero-order chi connectivity index (χ0) is 26.5. The molecule has 0 fully saturated rings. The first-order valence-corrected chi connectivity index (χ1v) is 13.8. The van der Waals surface area contributed by atoms with Crippen LogP contribution in [0.4, 0.5) is 0 Å². The van der Waals surface area contributed by atoms with Crippen molar-refractivity contribution in [1.29, 1.82) is 0 Å². The van der Waals surface area contributed by atoms with E-state index in [9.17, 15) is 19.5 Å². The number of carboxylic acid groups (broad SMARTS) is 1. The van der Waals surface area contributed by atoms with Gasteiger partial charge in [0.25, 0.3) is 11.5 Å². The Hall–Kier alpha value is -3.96. The molecule has 5 rings (SSSR count). The number of carbonyl (C=O) groups is 2. The average molecular weight is 548 g/mol. The Kier molecular flexibility index (Phi) is 7.85. The van der Waals surface area contributed by atoms with E-state index in [0.29, 0.717) is 32.4 Å². The number of fused-ring (bicyclic) bond motifs is 3. The second-order valence-corrected chi connectivity index (χ2v) is 10.6. The zero-order valence-electron chi connectivity index (χ0n) is 20.2. The molecule has 9 nitrogen and oxygen atoms in total. The molecule has 1 aliphatic carbocycles. The summed E-state index contributed by atoms with van der Waals surface area (Å²) in [6.45, 7) is -0.596. The normalized spacial score (nSPS) is 12.9. The van der Waals surface area contributed by atoms with Gasteiger partial charge in [0.1, 0.15) is 17.2 Å². The fourth-order valence-electron chi connectivity index (χ4n) is 4.28. The van der Waals surface area contributed by atoms with Crippen LogP contribution in [0.2, 0.25) is 0 Å². The molecule has 194 valence electrons. The standard InChI is InChI=1S/C27H24N4O5S2/c32-22(30-28-14-17-8-4-6-12-20(17)36-15-23(33)34)16-37-27-29-25-24(19-11-5-7-13-21(19)38-25)26(35)31(27)18-9-2-1-3-10-18/h1-4,6,8-10,12,14H,5,7,11,13,15-16H2,(H,30,32)(H,33,34)/p-1/b28-14-. The highest BCUT2D eigenvalue weighted by Crippen LogP contribution is 2.35. The number of benzene rings is 2. The number of ether oxygens (including phenoxy) is 1. The minimum atomic E-state index is -1.34. The predicted molar refractivity (Wildman–Crippen MR) is 145 cm³/mol. The molecule has 1 N–H and O–H groups in total. The number of aromatic nitrogens is 2. The Morgan fingerprint density at radius 3 is 2.71 bits per heavy atom. The van der Waals surface area contributed by atoms with E-state index in [4.69, 9.17) is 9.72 Å². The van der Waals surface area contributed by atoms with Crippen molar-refractivity contribution in [2.75, 3.05) is 12.4 Å². The van der Waals surface area contributed by atoms with Crippen molar-refractivity contribution in [2.24, 2.45) is 5.10 Å². The van der Waals surface area contributed by atoms with Crippen molar-refractivity contribution in [3.63, 3.8) is 0 Å². The number of aryl methyl sites for hydroxylation is 2. The van der Waals surface area contributed by atoms with Crippen molar-refractivity contribution < 1.29 is 19.4 Å². The van der Waals surface area contributed by atoms with E-state index in [1.54, 1.807) is 40.2 Å². The molecule has 0 unspecified atom stereocenters. The van der Waals surface area contributed by atoms with Gasteiger partial charge in [0.05, 0.1) is 29.0 Å². The maximum atomic E-state index is 13.7. The van der Waals surface area contributed by atoms with E-state index in [0.717, 1.165) is 43.0 Å². The first-order chi connectivity index (χ1) is 18.5. The minimum Gasteiger partial charge on any atom is -0.546 e. The molecule has 4 aromatic rings.